The van der Waals surface area contributed by atoms with Gasteiger partial charge in [0.15, 0.2) is 0 Å². The third-order valence-corrected chi connectivity index (χ3v) is 2.97. The lowest BCUT2D eigenvalue weighted by Crippen LogP contribution is -2.19. The smallest absolute Gasteiger partial charge is 0.271 e. The van der Waals surface area contributed by atoms with Crippen molar-refractivity contribution in [3.8, 4) is 5.75 Å². The van der Waals surface area contributed by atoms with E-state index in [1.54, 1.807) is 19.1 Å². The zero-order chi connectivity index (χ0) is 14.5. The van der Waals surface area contributed by atoms with Crippen molar-refractivity contribution in [1.29, 1.82) is 0 Å². The molecule has 2 N–H and O–H groups in total. The summed E-state index contributed by atoms with van der Waals surface area (Å²) in [5.41, 5.74) is 4.44. The van der Waals surface area contributed by atoms with Gasteiger partial charge in [0.1, 0.15) is 5.75 Å². The van der Waals surface area contributed by atoms with Crippen molar-refractivity contribution in [3.63, 3.8) is 0 Å². The Labute approximate surface area is 121 Å². The van der Waals surface area contributed by atoms with Gasteiger partial charge in [-0.15, -0.1) is 0 Å². The van der Waals surface area contributed by atoms with Gasteiger partial charge in [0.2, 0.25) is 0 Å². The first-order chi connectivity index (χ1) is 9.56. The molecular formula is C15H13ClN2O2. The highest BCUT2D eigenvalue weighted by molar-refractivity contribution is 6.30. The molecule has 0 heterocycles. The van der Waals surface area contributed by atoms with Crippen LogP contribution >= 0.6 is 11.6 Å². The fourth-order valence-electron chi connectivity index (χ4n) is 1.57. The van der Waals surface area contributed by atoms with Crippen LogP contribution in [0.3, 0.4) is 0 Å². The van der Waals surface area contributed by atoms with Crippen LogP contribution in [0.15, 0.2) is 53.6 Å². The van der Waals surface area contributed by atoms with E-state index < -0.39 is 0 Å². The average Bonchev–Trinajstić information content (AvgIpc) is 2.46. The average molecular weight is 289 g/mol. The van der Waals surface area contributed by atoms with E-state index in [1.807, 2.05) is 12.1 Å². The number of hydrazone groups is 1. The molecule has 0 bridgehead atoms. The van der Waals surface area contributed by atoms with Crippen molar-refractivity contribution in [1.82, 2.24) is 5.43 Å². The number of nitrogens with one attached hydrogen (secondary N) is 1. The number of hydrogen-bond acceptors (Lipinski definition) is 3. The first-order valence-electron chi connectivity index (χ1n) is 5.96. The number of phenolic OH excluding ortho intramolecular Hbond substituents is 1. The Morgan fingerprint density at radius 2 is 1.60 bits per heavy atom. The highest BCUT2D eigenvalue weighted by Gasteiger charge is 2.04. The Kier molecular flexibility index (Phi) is 4.38. The SMILES string of the molecule is C/C(=N/NC(=O)c1ccc(O)cc1)c1ccc(Cl)cc1. The molecule has 0 atom stereocenters. The van der Waals surface area contributed by atoms with Gasteiger partial charge >= 0.3 is 0 Å². The van der Waals surface area contributed by atoms with Gasteiger partial charge < -0.3 is 5.11 Å². The summed E-state index contributed by atoms with van der Waals surface area (Å²) in [4.78, 5) is 11.8. The molecule has 0 aliphatic carbocycles. The van der Waals surface area contributed by atoms with Crippen LogP contribution in [0.2, 0.25) is 5.02 Å². The molecule has 2 aromatic rings. The number of hydrogen-bond donors (Lipinski definition) is 2. The quantitative estimate of drug-likeness (QED) is 0.673. The van der Waals surface area contributed by atoms with Crippen LogP contribution in [0.1, 0.15) is 22.8 Å². The molecule has 102 valence electrons. The number of carbonyl (C=O) groups excluding carboxylic acids is 1. The van der Waals surface area contributed by atoms with Crippen LogP contribution < -0.4 is 5.43 Å². The monoisotopic (exact) mass is 288 g/mol. The van der Waals surface area contributed by atoms with Crippen LogP contribution in [0.5, 0.6) is 5.75 Å². The molecule has 0 aliphatic rings. The number of nitrogens with zero attached hydrogens (tertiary/aromatic N) is 1. The molecule has 1 amide bonds. The topological polar surface area (TPSA) is 61.7 Å². The van der Waals surface area contributed by atoms with E-state index in [9.17, 15) is 4.79 Å². The third-order valence-electron chi connectivity index (χ3n) is 2.72. The van der Waals surface area contributed by atoms with E-state index in [-0.39, 0.29) is 11.7 Å². The summed E-state index contributed by atoms with van der Waals surface area (Å²) in [7, 11) is 0. The van der Waals surface area contributed by atoms with Crippen molar-refractivity contribution in [2.24, 2.45) is 5.10 Å². The minimum Gasteiger partial charge on any atom is -0.508 e. The summed E-state index contributed by atoms with van der Waals surface area (Å²) < 4.78 is 0. The van der Waals surface area contributed by atoms with Crippen molar-refractivity contribution in [2.45, 2.75) is 6.92 Å². The third kappa shape index (κ3) is 3.59. The van der Waals surface area contributed by atoms with Gasteiger partial charge in [-0.3, -0.25) is 4.79 Å². The lowest BCUT2D eigenvalue weighted by atomic mass is 10.1. The molecule has 0 saturated carbocycles. The van der Waals surface area contributed by atoms with Gasteiger partial charge in [-0.1, -0.05) is 23.7 Å². The summed E-state index contributed by atoms with van der Waals surface area (Å²) in [6, 6.07) is 13.1. The predicted molar refractivity (Wildman–Crippen MR) is 79.2 cm³/mol. The second-order valence-corrected chi connectivity index (χ2v) is 4.63. The fraction of sp³-hybridized carbons (Fsp3) is 0.0667. The van der Waals surface area contributed by atoms with Crippen LogP contribution in [0.4, 0.5) is 0 Å². The van der Waals surface area contributed by atoms with Gasteiger partial charge in [-0.05, 0) is 48.9 Å². The Morgan fingerprint density at radius 1 is 1.05 bits per heavy atom. The largest absolute Gasteiger partial charge is 0.508 e. The van der Waals surface area contributed by atoms with Crippen molar-refractivity contribution in [2.75, 3.05) is 0 Å². The Balaban J connectivity index is 2.06. The van der Waals surface area contributed by atoms with Gasteiger partial charge in [0.05, 0.1) is 5.71 Å². The number of benzene rings is 2. The molecule has 0 aromatic heterocycles. The second kappa shape index (κ2) is 6.21. The number of phenols is 1. The predicted octanol–water partition coefficient (Wildman–Crippen LogP) is 3.20. The van der Waals surface area contributed by atoms with E-state index in [1.165, 1.54) is 24.3 Å². The number of aromatic hydroxyl groups is 1. The maximum Gasteiger partial charge on any atom is 0.271 e. The van der Waals surface area contributed by atoms with Crippen molar-refractivity contribution < 1.29 is 9.90 Å². The summed E-state index contributed by atoms with van der Waals surface area (Å²) in [5.74, 6) is -0.222. The standard InChI is InChI=1S/C15H13ClN2O2/c1-10(11-2-6-13(16)7-3-11)17-18-15(20)12-4-8-14(19)9-5-12/h2-9,19H,1H3,(H,18,20)/b17-10-. The molecule has 0 spiro atoms. The molecule has 4 nitrogen and oxygen atoms in total. The van der Waals surface area contributed by atoms with Crippen LogP contribution in [0.25, 0.3) is 0 Å². The van der Waals surface area contributed by atoms with E-state index in [2.05, 4.69) is 10.5 Å². The highest BCUT2D eigenvalue weighted by atomic mass is 35.5. The minimum absolute atomic E-state index is 0.113. The zero-order valence-electron chi connectivity index (χ0n) is 10.8. The van der Waals surface area contributed by atoms with Gasteiger partial charge in [0.25, 0.3) is 5.91 Å². The van der Waals surface area contributed by atoms with Crippen LogP contribution in [-0.2, 0) is 0 Å². The summed E-state index contributed by atoms with van der Waals surface area (Å²) in [6.07, 6.45) is 0. The first-order valence-corrected chi connectivity index (χ1v) is 6.33. The Hall–Kier alpha value is -2.33. The lowest BCUT2D eigenvalue weighted by molar-refractivity contribution is 0.0955. The first kappa shape index (κ1) is 14.1. The maximum absolute atomic E-state index is 11.8. The molecule has 20 heavy (non-hydrogen) atoms. The van der Waals surface area contributed by atoms with E-state index in [4.69, 9.17) is 16.7 Å². The van der Waals surface area contributed by atoms with Crippen LogP contribution in [0, 0.1) is 0 Å². The Morgan fingerprint density at radius 3 is 2.20 bits per heavy atom. The maximum atomic E-state index is 11.8. The molecule has 0 unspecified atom stereocenters. The molecule has 0 aliphatic heterocycles. The van der Waals surface area contributed by atoms with Crippen molar-refractivity contribution >= 4 is 23.2 Å². The summed E-state index contributed by atoms with van der Waals surface area (Å²) >= 11 is 5.81. The summed E-state index contributed by atoms with van der Waals surface area (Å²) in [6.45, 7) is 1.79. The van der Waals surface area contributed by atoms with Gasteiger partial charge in [0, 0.05) is 10.6 Å². The van der Waals surface area contributed by atoms with E-state index in [0.717, 1.165) is 5.56 Å². The number of rotatable bonds is 3. The lowest BCUT2D eigenvalue weighted by Gasteiger charge is -2.03. The molecule has 5 heteroatoms. The Bertz CT molecular complexity index is 634. The van der Waals surface area contributed by atoms with E-state index in [0.29, 0.717) is 16.3 Å². The zero-order valence-corrected chi connectivity index (χ0v) is 11.6. The van der Waals surface area contributed by atoms with Crippen LogP contribution in [-0.4, -0.2) is 16.7 Å². The normalized spacial score (nSPS) is 11.2. The molecule has 0 radical (unpaired) electrons. The fourth-order valence-corrected chi connectivity index (χ4v) is 1.69. The molecular weight excluding hydrogens is 276 g/mol. The number of carbonyl (C=O) groups is 1. The number of amides is 1. The molecule has 0 saturated heterocycles. The highest BCUT2D eigenvalue weighted by Crippen LogP contribution is 2.11. The molecule has 0 fully saturated rings. The number of halogens is 1. The van der Waals surface area contributed by atoms with Gasteiger partial charge in [-0.2, -0.15) is 5.10 Å². The minimum atomic E-state index is -0.335. The van der Waals surface area contributed by atoms with Crippen molar-refractivity contribution in [3.05, 3.63) is 64.7 Å². The second-order valence-electron chi connectivity index (χ2n) is 4.19. The summed E-state index contributed by atoms with van der Waals surface area (Å²) in [5, 5.41) is 13.8. The van der Waals surface area contributed by atoms with E-state index >= 15 is 0 Å². The molecule has 2 aromatic carbocycles. The molecule has 2 rings (SSSR count). The van der Waals surface area contributed by atoms with Gasteiger partial charge in [-0.25, -0.2) is 5.43 Å².